The first-order valence-corrected chi connectivity index (χ1v) is 10.2. The predicted molar refractivity (Wildman–Crippen MR) is 113 cm³/mol. The summed E-state index contributed by atoms with van der Waals surface area (Å²) in [6.45, 7) is 3.73. The Kier molecular flexibility index (Phi) is 6.68. The van der Waals surface area contributed by atoms with Gasteiger partial charge in [0.2, 0.25) is 5.78 Å². The molecule has 2 N–H and O–H groups in total. The van der Waals surface area contributed by atoms with E-state index in [1.165, 1.54) is 30.6 Å². The molecule has 0 radical (unpaired) electrons. The summed E-state index contributed by atoms with van der Waals surface area (Å²) in [4.78, 5) is 12.9. The minimum Gasteiger partial charge on any atom is -0.298 e. The van der Waals surface area contributed by atoms with Crippen LogP contribution >= 0.6 is 15.9 Å². The van der Waals surface area contributed by atoms with Crippen molar-refractivity contribution in [3.8, 4) is 0 Å². The van der Waals surface area contributed by atoms with E-state index >= 15 is 4.39 Å². The van der Waals surface area contributed by atoms with Crippen LogP contribution in [-0.4, -0.2) is 16.2 Å². The fraction of sp³-hybridized carbons (Fsp3) is 0. The minimum atomic E-state index is -2.05. The zero-order chi connectivity index (χ0) is 21.8. The number of hydrogen-bond donors (Lipinski definition) is 2. The summed E-state index contributed by atoms with van der Waals surface area (Å²) in [5.41, 5.74) is 1.29. The van der Waals surface area contributed by atoms with Gasteiger partial charge < -0.3 is 0 Å². The molecule has 0 aromatic heterocycles. The maximum Gasteiger partial charge on any atom is 0.201 e. The van der Waals surface area contributed by atoms with E-state index in [1.807, 2.05) is 0 Å². The molecule has 1 unspecified atom stereocenters. The van der Waals surface area contributed by atoms with Crippen molar-refractivity contribution >= 4 is 44.6 Å². The molecule has 0 spiro atoms. The Hall–Kier alpha value is -2.98. The molecule has 0 saturated carbocycles. The molecule has 1 aliphatic rings. The maximum absolute atomic E-state index is 15.0. The van der Waals surface area contributed by atoms with E-state index in [0.717, 1.165) is 24.3 Å². The highest BCUT2D eigenvalue weighted by molar-refractivity contribution is 9.12. The normalized spacial score (nSPS) is 19.3. The van der Waals surface area contributed by atoms with Gasteiger partial charge in [0.1, 0.15) is 22.6 Å². The van der Waals surface area contributed by atoms with Gasteiger partial charge >= 0.3 is 0 Å². The highest BCUT2D eigenvalue weighted by Crippen LogP contribution is 2.27. The van der Waals surface area contributed by atoms with Crippen molar-refractivity contribution in [3.63, 3.8) is 0 Å². The number of nitrogens with one attached hydrogen (secondary N) is 2. The monoisotopic (exact) mass is 495 g/mol. The Balaban J connectivity index is 1.96. The Labute approximate surface area is 180 Å². The van der Waals surface area contributed by atoms with Crippen molar-refractivity contribution in [3.05, 3.63) is 93.9 Å². The van der Waals surface area contributed by atoms with E-state index in [9.17, 15) is 17.8 Å². The minimum absolute atomic E-state index is 0.0414. The smallest absolute Gasteiger partial charge is 0.201 e. The lowest BCUT2D eigenvalue weighted by atomic mass is 9.96. The molecule has 2 aromatic carbocycles. The molecule has 0 saturated heterocycles. The third-order valence-corrected chi connectivity index (χ3v) is 5.43. The standard InChI is InChI=1S/C20H13BrF3N3O2S/c1-11-7-12(21)9-25-26-10-15(11)20(28)18-16(23)5-6-17(19(18)24)27-30(29)14-4-2-3-13(22)8-14/h2-10,26-27H,1H2/b12-7+,15-10+,25-9-. The number of halogens is 4. The highest BCUT2D eigenvalue weighted by atomic mass is 79.9. The second-order valence-corrected chi connectivity index (χ2v) is 8.07. The summed E-state index contributed by atoms with van der Waals surface area (Å²) in [6, 6.07) is 6.75. The SMILES string of the molecule is C=C1/C=C(Br)\C=N/N/C=C\1C(=O)c1c(F)ccc(NS(=O)c2cccc(F)c2)c1F. The zero-order valence-electron chi connectivity index (χ0n) is 15.1. The van der Waals surface area contributed by atoms with Crippen molar-refractivity contribution < 1.29 is 22.2 Å². The summed E-state index contributed by atoms with van der Waals surface area (Å²) in [7, 11) is -2.05. The molecule has 1 atom stereocenters. The van der Waals surface area contributed by atoms with Crippen molar-refractivity contribution in [2.75, 3.05) is 4.72 Å². The van der Waals surface area contributed by atoms with Crippen LogP contribution in [0.4, 0.5) is 18.9 Å². The van der Waals surface area contributed by atoms with Crippen LogP contribution in [0, 0.1) is 17.5 Å². The molecule has 0 fully saturated rings. The van der Waals surface area contributed by atoms with Crippen LogP contribution in [0.5, 0.6) is 0 Å². The molecule has 0 aliphatic carbocycles. The number of hydrazone groups is 1. The number of rotatable bonds is 5. The molecule has 3 rings (SSSR count). The van der Waals surface area contributed by atoms with Gasteiger partial charge in [-0.2, -0.15) is 5.10 Å². The van der Waals surface area contributed by atoms with Crippen LogP contribution in [0.25, 0.3) is 0 Å². The number of carbonyl (C=O) groups is 1. The molecule has 0 bridgehead atoms. The summed E-state index contributed by atoms with van der Waals surface area (Å²) in [6.07, 6.45) is 4.04. The summed E-state index contributed by atoms with van der Waals surface area (Å²) in [5, 5.41) is 3.78. The number of nitrogens with zero attached hydrogens (tertiary/aromatic N) is 1. The van der Waals surface area contributed by atoms with Crippen molar-refractivity contribution in [1.82, 2.24) is 5.43 Å². The number of hydrogen-bond acceptors (Lipinski definition) is 4. The van der Waals surface area contributed by atoms with Gasteiger partial charge in [0.25, 0.3) is 0 Å². The molecule has 1 heterocycles. The van der Waals surface area contributed by atoms with Crippen LogP contribution in [0.1, 0.15) is 10.4 Å². The molecule has 2 aromatic rings. The molecule has 1 aliphatic heterocycles. The first-order chi connectivity index (χ1) is 14.3. The molecule has 0 amide bonds. The molecule has 10 heteroatoms. The lowest BCUT2D eigenvalue weighted by Gasteiger charge is -2.13. The molecule has 30 heavy (non-hydrogen) atoms. The summed E-state index contributed by atoms with van der Waals surface area (Å²) < 4.78 is 57.9. The Morgan fingerprint density at radius 2 is 1.97 bits per heavy atom. The Morgan fingerprint density at radius 3 is 2.70 bits per heavy atom. The van der Waals surface area contributed by atoms with E-state index in [2.05, 4.69) is 37.8 Å². The summed E-state index contributed by atoms with van der Waals surface area (Å²) in [5.74, 6) is -3.97. The number of carbonyl (C=O) groups excluding carboxylic acids is 1. The van der Waals surface area contributed by atoms with Crippen molar-refractivity contribution in [2.45, 2.75) is 4.90 Å². The Morgan fingerprint density at radius 1 is 1.20 bits per heavy atom. The average Bonchev–Trinajstić information content (AvgIpc) is 2.68. The zero-order valence-corrected chi connectivity index (χ0v) is 17.5. The van der Waals surface area contributed by atoms with E-state index in [4.69, 9.17) is 0 Å². The number of Topliss-reactive ketones (excluding diaryl/α,β-unsaturated/α-hetero) is 1. The fourth-order valence-corrected chi connectivity index (χ4v) is 3.78. The topological polar surface area (TPSA) is 70.6 Å². The van der Waals surface area contributed by atoms with Gasteiger partial charge in [-0.3, -0.25) is 14.9 Å². The second kappa shape index (κ2) is 9.23. The van der Waals surface area contributed by atoms with Crippen LogP contribution in [0.15, 0.2) is 80.9 Å². The van der Waals surface area contributed by atoms with Gasteiger partial charge in [0.15, 0.2) is 5.82 Å². The van der Waals surface area contributed by atoms with Crippen molar-refractivity contribution in [2.24, 2.45) is 5.10 Å². The first kappa shape index (κ1) is 21.7. The quantitative estimate of drug-likeness (QED) is 0.589. The predicted octanol–water partition coefficient (Wildman–Crippen LogP) is 4.73. The third kappa shape index (κ3) is 4.77. The van der Waals surface area contributed by atoms with Crippen LogP contribution in [0.2, 0.25) is 0 Å². The van der Waals surface area contributed by atoms with Crippen LogP contribution in [-0.2, 0) is 11.0 Å². The van der Waals surface area contributed by atoms with Gasteiger partial charge in [-0.25, -0.2) is 17.4 Å². The van der Waals surface area contributed by atoms with E-state index < -0.39 is 39.8 Å². The molecule has 154 valence electrons. The molecule has 5 nitrogen and oxygen atoms in total. The molecular weight excluding hydrogens is 483 g/mol. The fourth-order valence-electron chi connectivity index (χ4n) is 2.50. The number of benzene rings is 2. The Bertz CT molecular complexity index is 1160. The van der Waals surface area contributed by atoms with Gasteiger partial charge in [-0.1, -0.05) is 12.6 Å². The highest BCUT2D eigenvalue weighted by Gasteiger charge is 2.25. The van der Waals surface area contributed by atoms with Crippen LogP contribution < -0.4 is 10.1 Å². The number of anilines is 1. The largest absolute Gasteiger partial charge is 0.298 e. The first-order valence-electron chi connectivity index (χ1n) is 8.30. The maximum atomic E-state index is 15.0. The lowest BCUT2D eigenvalue weighted by Crippen LogP contribution is -2.15. The van der Waals surface area contributed by atoms with E-state index in [1.54, 1.807) is 0 Å². The average molecular weight is 496 g/mol. The van der Waals surface area contributed by atoms with E-state index in [0.29, 0.717) is 4.48 Å². The second-order valence-electron chi connectivity index (χ2n) is 5.94. The number of ketones is 1. The van der Waals surface area contributed by atoms with Gasteiger partial charge in [0, 0.05) is 16.3 Å². The summed E-state index contributed by atoms with van der Waals surface area (Å²) >= 11 is 3.19. The van der Waals surface area contributed by atoms with E-state index in [-0.39, 0.29) is 21.7 Å². The van der Waals surface area contributed by atoms with Gasteiger partial charge in [-0.05, 0) is 57.9 Å². The number of allylic oxidation sites excluding steroid dienone is 4. The lowest BCUT2D eigenvalue weighted by molar-refractivity contribution is 0.102. The van der Waals surface area contributed by atoms with Gasteiger partial charge in [0.05, 0.1) is 22.4 Å². The van der Waals surface area contributed by atoms with Crippen molar-refractivity contribution in [1.29, 1.82) is 0 Å². The third-order valence-electron chi connectivity index (χ3n) is 3.90. The molecular formula is C20H13BrF3N3O2S. The van der Waals surface area contributed by atoms with Gasteiger partial charge in [-0.15, -0.1) is 0 Å². The van der Waals surface area contributed by atoms with Crippen LogP contribution in [0.3, 0.4) is 0 Å².